The van der Waals surface area contributed by atoms with Crippen molar-refractivity contribution in [3.05, 3.63) is 71.8 Å². The molecule has 1 heterocycles. The highest BCUT2D eigenvalue weighted by Gasteiger charge is 2.08. The van der Waals surface area contributed by atoms with Gasteiger partial charge in [-0.15, -0.1) is 10.2 Å². The van der Waals surface area contributed by atoms with E-state index in [1.165, 1.54) is 23.8 Å². The van der Waals surface area contributed by atoms with Crippen molar-refractivity contribution in [1.29, 1.82) is 0 Å². The van der Waals surface area contributed by atoms with Gasteiger partial charge in [-0.25, -0.2) is 4.68 Å². The molecule has 0 radical (unpaired) electrons. The smallest absolute Gasteiger partial charge is 0.141 e. The van der Waals surface area contributed by atoms with Gasteiger partial charge in [-0.2, -0.15) is 5.10 Å². The monoisotopic (exact) mass is 364 g/mol. The summed E-state index contributed by atoms with van der Waals surface area (Å²) in [5, 5.41) is 11.6. The van der Waals surface area contributed by atoms with Gasteiger partial charge < -0.3 is 9.47 Å². The Kier molecular flexibility index (Phi) is 6.20. The number of hydrogen-bond acceptors (Lipinski definition) is 5. The van der Waals surface area contributed by atoms with Gasteiger partial charge in [-0.3, -0.25) is 0 Å². The zero-order valence-electron chi connectivity index (χ0n) is 15.9. The van der Waals surface area contributed by atoms with Crippen LogP contribution in [0.2, 0.25) is 0 Å². The van der Waals surface area contributed by atoms with Gasteiger partial charge in [-0.05, 0) is 59.9 Å². The second-order valence-corrected chi connectivity index (χ2v) is 6.55. The number of ether oxygens (including phenoxy) is 2. The molecule has 0 spiro atoms. The third-order valence-electron chi connectivity index (χ3n) is 4.03. The van der Waals surface area contributed by atoms with Crippen molar-refractivity contribution in [3.63, 3.8) is 0 Å². The second kappa shape index (κ2) is 8.98. The van der Waals surface area contributed by atoms with Crippen molar-refractivity contribution in [3.8, 4) is 11.5 Å². The number of aromatic nitrogens is 3. The van der Waals surface area contributed by atoms with Crippen LogP contribution in [0.4, 0.5) is 0 Å². The summed E-state index contributed by atoms with van der Waals surface area (Å²) in [5.41, 5.74) is 3.38. The molecule has 0 aliphatic rings. The summed E-state index contributed by atoms with van der Waals surface area (Å²) in [6, 6.07) is 14.1. The predicted molar refractivity (Wildman–Crippen MR) is 106 cm³/mol. The summed E-state index contributed by atoms with van der Waals surface area (Å²) < 4.78 is 13.3. The van der Waals surface area contributed by atoms with E-state index in [9.17, 15) is 0 Å². The minimum atomic E-state index is 0.425. The van der Waals surface area contributed by atoms with E-state index in [-0.39, 0.29) is 0 Å². The number of hydrogen-bond donors (Lipinski definition) is 0. The molecule has 0 bridgehead atoms. The number of nitrogens with zero attached hydrogens (tertiary/aromatic N) is 4. The Hall–Kier alpha value is -3.15. The lowest BCUT2D eigenvalue weighted by molar-refractivity contribution is 0.215. The molecule has 6 heteroatoms. The van der Waals surface area contributed by atoms with Crippen molar-refractivity contribution in [2.24, 2.45) is 5.10 Å². The summed E-state index contributed by atoms with van der Waals surface area (Å²) >= 11 is 0. The molecule has 0 aliphatic carbocycles. The molecule has 0 atom stereocenters. The lowest BCUT2D eigenvalue weighted by atomic mass is 10.0. The van der Waals surface area contributed by atoms with Gasteiger partial charge in [0.05, 0.1) is 6.21 Å². The molecule has 0 N–H and O–H groups in total. The van der Waals surface area contributed by atoms with Crippen LogP contribution in [0.1, 0.15) is 36.5 Å². The molecule has 3 rings (SSSR count). The summed E-state index contributed by atoms with van der Waals surface area (Å²) in [4.78, 5) is 0. The SMILES string of the molecule is Cc1ccc(C(C)C)c(OCCOc2ccc(/C=N/n3cnnc3)cc2)c1. The van der Waals surface area contributed by atoms with E-state index in [4.69, 9.17) is 9.47 Å². The van der Waals surface area contributed by atoms with Crippen molar-refractivity contribution >= 4 is 6.21 Å². The Labute approximate surface area is 159 Å². The molecule has 140 valence electrons. The van der Waals surface area contributed by atoms with Gasteiger partial charge in [0, 0.05) is 0 Å². The van der Waals surface area contributed by atoms with Gasteiger partial charge in [0.15, 0.2) is 0 Å². The predicted octanol–water partition coefficient (Wildman–Crippen LogP) is 4.05. The van der Waals surface area contributed by atoms with E-state index < -0.39 is 0 Å². The van der Waals surface area contributed by atoms with Crippen LogP contribution in [0.15, 0.2) is 60.2 Å². The molecule has 2 aromatic carbocycles. The van der Waals surface area contributed by atoms with E-state index >= 15 is 0 Å². The summed E-state index contributed by atoms with van der Waals surface area (Å²) in [7, 11) is 0. The Morgan fingerprint density at radius 2 is 1.70 bits per heavy atom. The first-order valence-electron chi connectivity index (χ1n) is 8.97. The van der Waals surface area contributed by atoms with Crippen LogP contribution >= 0.6 is 0 Å². The maximum Gasteiger partial charge on any atom is 0.141 e. The van der Waals surface area contributed by atoms with E-state index in [1.54, 1.807) is 10.9 Å². The second-order valence-electron chi connectivity index (χ2n) is 6.55. The Balaban J connectivity index is 1.49. The van der Waals surface area contributed by atoms with Crippen LogP contribution in [0, 0.1) is 6.92 Å². The van der Waals surface area contributed by atoms with Crippen molar-refractivity contribution in [2.75, 3.05) is 13.2 Å². The van der Waals surface area contributed by atoms with Crippen LogP contribution in [-0.2, 0) is 0 Å². The average molecular weight is 364 g/mol. The molecule has 0 amide bonds. The zero-order valence-corrected chi connectivity index (χ0v) is 15.9. The molecule has 3 aromatic rings. The molecule has 27 heavy (non-hydrogen) atoms. The molecule has 0 fully saturated rings. The highest BCUT2D eigenvalue weighted by Crippen LogP contribution is 2.27. The maximum atomic E-state index is 5.94. The van der Waals surface area contributed by atoms with Gasteiger partial charge in [-0.1, -0.05) is 26.0 Å². The summed E-state index contributed by atoms with van der Waals surface area (Å²) in [5.74, 6) is 2.16. The summed E-state index contributed by atoms with van der Waals surface area (Å²) in [6.07, 6.45) is 4.81. The Bertz CT molecular complexity index is 872. The van der Waals surface area contributed by atoms with Crippen molar-refractivity contribution in [1.82, 2.24) is 14.9 Å². The van der Waals surface area contributed by atoms with Gasteiger partial charge in [0.2, 0.25) is 0 Å². The fraction of sp³-hybridized carbons (Fsp3) is 0.286. The van der Waals surface area contributed by atoms with Crippen LogP contribution in [0.3, 0.4) is 0 Å². The quantitative estimate of drug-likeness (QED) is 0.447. The molecule has 0 saturated carbocycles. The van der Waals surface area contributed by atoms with Crippen molar-refractivity contribution in [2.45, 2.75) is 26.7 Å². The van der Waals surface area contributed by atoms with Gasteiger partial charge >= 0.3 is 0 Å². The molecule has 1 aromatic heterocycles. The van der Waals surface area contributed by atoms with Gasteiger partial charge in [0.25, 0.3) is 0 Å². The fourth-order valence-electron chi connectivity index (χ4n) is 2.59. The van der Waals surface area contributed by atoms with Crippen LogP contribution in [0.5, 0.6) is 11.5 Å². The first-order valence-corrected chi connectivity index (χ1v) is 8.97. The number of benzene rings is 2. The largest absolute Gasteiger partial charge is 0.490 e. The minimum Gasteiger partial charge on any atom is -0.490 e. The molecule has 0 saturated heterocycles. The first-order chi connectivity index (χ1) is 13.1. The summed E-state index contributed by atoms with van der Waals surface area (Å²) in [6.45, 7) is 7.39. The average Bonchev–Trinajstić information content (AvgIpc) is 3.18. The minimum absolute atomic E-state index is 0.425. The zero-order chi connectivity index (χ0) is 19.1. The van der Waals surface area contributed by atoms with E-state index in [0.717, 1.165) is 17.1 Å². The van der Waals surface area contributed by atoms with E-state index in [0.29, 0.717) is 19.1 Å². The van der Waals surface area contributed by atoms with Crippen LogP contribution in [0.25, 0.3) is 0 Å². The molecular formula is C21H24N4O2. The third-order valence-corrected chi connectivity index (χ3v) is 4.03. The standard InChI is InChI=1S/C21H24N4O2/c1-16(2)20-9-4-17(3)12-21(20)27-11-10-26-19-7-5-18(6-8-19)13-24-25-14-22-23-15-25/h4-9,12-16H,10-11H2,1-3H3/b24-13+. The van der Waals surface area contributed by atoms with Gasteiger partial charge in [0.1, 0.15) is 37.4 Å². The highest BCUT2D eigenvalue weighted by molar-refractivity contribution is 5.79. The molecular weight excluding hydrogens is 340 g/mol. The topological polar surface area (TPSA) is 61.5 Å². The maximum absolute atomic E-state index is 5.94. The van der Waals surface area contributed by atoms with E-state index in [1.807, 2.05) is 24.3 Å². The number of rotatable bonds is 8. The molecule has 6 nitrogen and oxygen atoms in total. The molecule has 0 unspecified atom stereocenters. The van der Waals surface area contributed by atoms with Crippen molar-refractivity contribution < 1.29 is 9.47 Å². The first kappa shape index (κ1) is 18.6. The third kappa shape index (κ3) is 5.41. The highest BCUT2D eigenvalue weighted by atomic mass is 16.5. The Morgan fingerprint density at radius 3 is 2.41 bits per heavy atom. The van der Waals surface area contributed by atoms with E-state index in [2.05, 4.69) is 54.3 Å². The molecule has 0 aliphatic heterocycles. The number of aryl methyl sites for hydroxylation is 1. The lowest BCUT2D eigenvalue weighted by Gasteiger charge is -2.15. The lowest BCUT2D eigenvalue weighted by Crippen LogP contribution is -2.10. The Morgan fingerprint density at radius 1 is 1.00 bits per heavy atom. The fourth-order valence-corrected chi connectivity index (χ4v) is 2.59. The van der Waals surface area contributed by atoms with Crippen LogP contribution < -0.4 is 9.47 Å². The normalized spacial score (nSPS) is 11.3. The van der Waals surface area contributed by atoms with Crippen LogP contribution in [-0.4, -0.2) is 34.3 Å².